The molecule has 0 radical (unpaired) electrons. The molecule has 0 saturated heterocycles. The van der Waals surface area contributed by atoms with Crippen LogP contribution in [-0.2, 0) is 4.79 Å². The van der Waals surface area contributed by atoms with Crippen molar-refractivity contribution < 1.29 is 9.53 Å². The van der Waals surface area contributed by atoms with E-state index in [0.717, 1.165) is 0 Å². The molecule has 3 N–H and O–H groups in total. The van der Waals surface area contributed by atoms with E-state index in [9.17, 15) is 4.79 Å². The second kappa shape index (κ2) is 6.51. The van der Waals surface area contributed by atoms with Gasteiger partial charge < -0.3 is 4.74 Å². The van der Waals surface area contributed by atoms with Gasteiger partial charge in [0, 0.05) is 6.42 Å². The van der Waals surface area contributed by atoms with Crippen LogP contribution in [-0.4, -0.2) is 12.0 Å². The Labute approximate surface area is 100 Å². The van der Waals surface area contributed by atoms with Crippen LogP contribution in [0.2, 0.25) is 0 Å². The number of nitriles is 1. The molecule has 0 aliphatic rings. The van der Waals surface area contributed by atoms with E-state index >= 15 is 0 Å². The molecule has 1 aromatic rings. The normalized spacial score (nSPS) is 11.4. The highest BCUT2D eigenvalue weighted by Gasteiger charge is 2.07. The molecule has 0 saturated carbocycles. The predicted molar refractivity (Wildman–Crippen MR) is 62.8 cm³/mol. The summed E-state index contributed by atoms with van der Waals surface area (Å²) in [4.78, 5) is 10.9. The summed E-state index contributed by atoms with van der Waals surface area (Å²) in [5.74, 6) is 5.45. The van der Waals surface area contributed by atoms with Crippen LogP contribution in [0, 0.1) is 11.3 Å². The summed E-state index contributed by atoms with van der Waals surface area (Å²) in [6.45, 7) is 1.88. The Bertz CT molecular complexity index is 409. The zero-order valence-electron chi connectivity index (χ0n) is 9.64. The fraction of sp³-hybridized carbons (Fsp3) is 0.333. The van der Waals surface area contributed by atoms with Gasteiger partial charge in [-0.05, 0) is 37.6 Å². The molecule has 5 heteroatoms. The highest BCUT2D eigenvalue weighted by Crippen LogP contribution is 2.15. The van der Waals surface area contributed by atoms with Crippen LogP contribution in [0.3, 0.4) is 0 Å². The number of hydrogen-bond donors (Lipinski definition) is 2. The van der Waals surface area contributed by atoms with Crippen molar-refractivity contribution in [3.05, 3.63) is 29.8 Å². The van der Waals surface area contributed by atoms with Gasteiger partial charge in [0.1, 0.15) is 5.75 Å². The van der Waals surface area contributed by atoms with Gasteiger partial charge in [-0.25, -0.2) is 5.84 Å². The molecule has 0 aromatic heterocycles. The number of nitrogens with one attached hydrogen (secondary N) is 1. The number of benzene rings is 1. The first-order valence-electron chi connectivity index (χ1n) is 5.32. The molecule has 0 bridgehead atoms. The van der Waals surface area contributed by atoms with Gasteiger partial charge in [0.15, 0.2) is 0 Å². The van der Waals surface area contributed by atoms with Crippen molar-refractivity contribution in [1.82, 2.24) is 5.43 Å². The molecule has 90 valence electrons. The first-order valence-corrected chi connectivity index (χ1v) is 5.32. The molecule has 0 aliphatic carbocycles. The van der Waals surface area contributed by atoms with E-state index in [4.69, 9.17) is 15.8 Å². The van der Waals surface area contributed by atoms with Crippen molar-refractivity contribution in [3.63, 3.8) is 0 Å². The fourth-order valence-electron chi connectivity index (χ4n) is 1.31. The lowest BCUT2D eigenvalue weighted by atomic mass is 10.2. The summed E-state index contributed by atoms with van der Waals surface area (Å²) in [7, 11) is 0. The first-order chi connectivity index (χ1) is 8.15. The Kier molecular flexibility index (Phi) is 4.98. The monoisotopic (exact) mass is 233 g/mol. The second-order valence-electron chi connectivity index (χ2n) is 3.67. The summed E-state index contributed by atoms with van der Waals surface area (Å²) in [5.41, 5.74) is 2.66. The Morgan fingerprint density at radius 3 is 2.71 bits per heavy atom. The van der Waals surface area contributed by atoms with Crippen molar-refractivity contribution in [1.29, 1.82) is 5.26 Å². The van der Waals surface area contributed by atoms with Crippen molar-refractivity contribution in [2.75, 3.05) is 0 Å². The van der Waals surface area contributed by atoms with Gasteiger partial charge >= 0.3 is 0 Å². The lowest BCUT2D eigenvalue weighted by Gasteiger charge is -2.14. The van der Waals surface area contributed by atoms with E-state index in [0.29, 0.717) is 24.2 Å². The van der Waals surface area contributed by atoms with Crippen molar-refractivity contribution in [3.8, 4) is 11.8 Å². The Morgan fingerprint density at radius 2 is 2.18 bits per heavy atom. The van der Waals surface area contributed by atoms with Gasteiger partial charge in [-0.3, -0.25) is 10.2 Å². The third-order valence-corrected chi connectivity index (χ3v) is 2.26. The molecular formula is C12H15N3O2. The summed E-state index contributed by atoms with van der Waals surface area (Å²) in [6, 6.07) is 8.88. The van der Waals surface area contributed by atoms with Crippen LogP contribution in [0.5, 0.6) is 5.75 Å². The molecule has 1 amide bonds. The number of nitrogens with zero attached hydrogens (tertiary/aromatic N) is 1. The quantitative estimate of drug-likeness (QED) is 0.453. The molecule has 1 aromatic carbocycles. The number of carbonyl (C=O) groups is 1. The van der Waals surface area contributed by atoms with Gasteiger partial charge in [0.05, 0.1) is 17.7 Å². The van der Waals surface area contributed by atoms with Gasteiger partial charge in [0.2, 0.25) is 5.91 Å². The molecule has 0 fully saturated rings. The number of ether oxygens (including phenoxy) is 1. The Morgan fingerprint density at radius 1 is 1.53 bits per heavy atom. The molecular weight excluding hydrogens is 218 g/mol. The van der Waals surface area contributed by atoms with Gasteiger partial charge in [-0.1, -0.05) is 0 Å². The molecule has 17 heavy (non-hydrogen) atoms. The Hall–Kier alpha value is -2.06. The van der Waals surface area contributed by atoms with Gasteiger partial charge in [-0.2, -0.15) is 5.26 Å². The lowest BCUT2D eigenvalue weighted by molar-refractivity contribution is -0.121. The maximum absolute atomic E-state index is 10.9. The molecule has 0 spiro atoms. The molecule has 0 heterocycles. The molecule has 1 rings (SSSR count). The van der Waals surface area contributed by atoms with Crippen LogP contribution in [0.1, 0.15) is 25.3 Å². The third kappa shape index (κ3) is 4.53. The lowest BCUT2D eigenvalue weighted by Crippen LogP contribution is -2.30. The molecule has 1 atom stereocenters. The number of carbonyl (C=O) groups excluding carboxylic acids is 1. The van der Waals surface area contributed by atoms with Crippen LogP contribution >= 0.6 is 0 Å². The largest absolute Gasteiger partial charge is 0.491 e. The summed E-state index contributed by atoms with van der Waals surface area (Å²) in [6.07, 6.45) is 0.831. The van der Waals surface area contributed by atoms with Crippen LogP contribution in [0.15, 0.2) is 24.3 Å². The van der Waals surface area contributed by atoms with E-state index in [1.54, 1.807) is 24.3 Å². The number of rotatable bonds is 5. The standard InChI is InChI=1S/C12H15N3O2/c1-9(2-7-12(16)15-14)17-11-5-3-10(8-13)4-6-11/h3-6,9H,2,7,14H2,1H3,(H,15,16). The van der Waals surface area contributed by atoms with E-state index in [1.165, 1.54) is 0 Å². The number of nitrogens with two attached hydrogens (primary N) is 1. The minimum atomic E-state index is -0.208. The highest BCUT2D eigenvalue weighted by molar-refractivity contribution is 5.75. The average molecular weight is 233 g/mol. The van der Waals surface area contributed by atoms with Crippen molar-refractivity contribution in [2.24, 2.45) is 5.84 Å². The number of hydrazine groups is 1. The van der Waals surface area contributed by atoms with E-state index in [2.05, 4.69) is 5.43 Å². The van der Waals surface area contributed by atoms with Gasteiger partial charge in [-0.15, -0.1) is 0 Å². The number of amides is 1. The molecule has 1 unspecified atom stereocenters. The summed E-state index contributed by atoms with van der Waals surface area (Å²) >= 11 is 0. The minimum Gasteiger partial charge on any atom is -0.491 e. The zero-order valence-corrected chi connectivity index (χ0v) is 9.64. The summed E-state index contributed by atoms with van der Waals surface area (Å²) < 4.78 is 5.58. The zero-order chi connectivity index (χ0) is 12.7. The average Bonchev–Trinajstić information content (AvgIpc) is 2.36. The maximum atomic E-state index is 10.9. The van der Waals surface area contributed by atoms with Crippen LogP contribution < -0.4 is 16.0 Å². The van der Waals surface area contributed by atoms with E-state index in [1.807, 2.05) is 13.0 Å². The highest BCUT2D eigenvalue weighted by atomic mass is 16.5. The van der Waals surface area contributed by atoms with E-state index < -0.39 is 0 Å². The van der Waals surface area contributed by atoms with Gasteiger partial charge in [0.25, 0.3) is 0 Å². The predicted octanol–water partition coefficient (Wildman–Crippen LogP) is 1.10. The maximum Gasteiger partial charge on any atom is 0.234 e. The SMILES string of the molecule is CC(CCC(=O)NN)Oc1ccc(C#N)cc1. The van der Waals surface area contributed by atoms with Crippen LogP contribution in [0.4, 0.5) is 0 Å². The summed E-state index contributed by atoms with van der Waals surface area (Å²) in [5, 5.41) is 8.64. The topological polar surface area (TPSA) is 88.1 Å². The van der Waals surface area contributed by atoms with Crippen molar-refractivity contribution in [2.45, 2.75) is 25.9 Å². The van der Waals surface area contributed by atoms with E-state index in [-0.39, 0.29) is 12.0 Å². The first kappa shape index (κ1) is 13.0. The minimum absolute atomic E-state index is 0.0831. The second-order valence-corrected chi connectivity index (χ2v) is 3.67. The fourth-order valence-corrected chi connectivity index (χ4v) is 1.31. The van der Waals surface area contributed by atoms with Crippen molar-refractivity contribution >= 4 is 5.91 Å². The smallest absolute Gasteiger partial charge is 0.234 e. The number of hydrogen-bond acceptors (Lipinski definition) is 4. The van der Waals surface area contributed by atoms with Crippen LogP contribution in [0.25, 0.3) is 0 Å². The molecule has 0 aliphatic heterocycles. The Balaban J connectivity index is 2.42. The third-order valence-electron chi connectivity index (χ3n) is 2.26. The molecule has 5 nitrogen and oxygen atoms in total.